The Hall–Kier alpha value is -0.0800. The summed E-state index contributed by atoms with van der Waals surface area (Å²) in [4.78, 5) is 0. The molecule has 0 N–H and O–H groups in total. The molecular weight excluding hydrogens is 128 g/mol. The molecule has 0 aromatic heterocycles. The molecule has 0 radical (unpaired) electrons. The molecule has 2 heterocycles. The van der Waals surface area contributed by atoms with Gasteiger partial charge in [0.25, 0.3) is 0 Å². The Morgan fingerprint density at radius 3 is 3.00 bits per heavy atom. The number of hydrogen-bond acceptors (Lipinski definition) is 2. The lowest BCUT2D eigenvalue weighted by Crippen LogP contribution is -2.20. The van der Waals surface area contributed by atoms with Gasteiger partial charge in [-0.05, 0) is 25.2 Å². The SMILES string of the molecule is C1CC2CCC(COC2)O1. The van der Waals surface area contributed by atoms with Gasteiger partial charge in [0.05, 0.1) is 12.7 Å². The lowest BCUT2D eigenvalue weighted by Gasteiger charge is -2.16. The van der Waals surface area contributed by atoms with Crippen molar-refractivity contribution in [3.63, 3.8) is 0 Å². The molecule has 2 heteroatoms. The zero-order valence-corrected chi connectivity index (χ0v) is 6.21. The van der Waals surface area contributed by atoms with Crippen LogP contribution in [0.3, 0.4) is 0 Å². The molecule has 2 bridgehead atoms. The van der Waals surface area contributed by atoms with Crippen LogP contribution in [-0.2, 0) is 9.47 Å². The highest BCUT2D eigenvalue weighted by molar-refractivity contribution is 4.71. The van der Waals surface area contributed by atoms with Crippen LogP contribution in [0.15, 0.2) is 0 Å². The van der Waals surface area contributed by atoms with E-state index in [1.165, 1.54) is 19.3 Å². The Kier molecular flexibility index (Phi) is 1.91. The molecule has 0 spiro atoms. The van der Waals surface area contributed by atoms with Crippen molar-refractivity contribution in [1.29, 1.82) is 0 Å². The first-order valence-electron chi connectivity index (χ1n) is 4.14. The van der Waals surface area contributed by atoms with Crippen LogP contribution in [0.25, 0.3) is 0 Å². The highest BCUT2D eigenvalue weighted by atomic mass is 16.5. The lowest BCUT2D eigenvalue weighted by molar-refractivity contribution is -0.0298. The van der Waals surface area contributed by atoms with E-state index in [9.17, 15) is 0 Å². The Balaban J connectivity index is 2.01. The molecule has 0 saturated carbocycles. The van der Waals surface area contributed by atoms with Crippen LogP contribution in [0.1, 0.15) is 19.3 Å². The van der Waals surface area contributed by atoms with Crippen molar-refractivity contribution < 1.29 is 9.47 Å². The molecule has 58 valence electrons. The van der Waals surface area contributed by atoms with Crippen molar-refractivity contribution in [3.8, 4) is 0 Å². The maximum absolute atomic E-state index is 5.55. The molecule has 2 atom stereocenters. The number of fused-ring (bicyclic) bond motifs is 3. The van der Waals surface area contributed by atoms with E-state index in [2.05, 4.69) is 0 Å². The molecule has 2 rings (SSSR count). The molecule has 2 saturated heterocycles. The molecule has 0 aromatic carbocycles. The van der Waals surface area contributed by atoms with Gasteiger partial charge in [-0.15, -0.1) is 0 Å². The second kappa shape index (κ2) is 2.89. The fourth-order valence-corrected chi connectivity index (χ4v) is 1.71. The van der Waals surface area contributed by atoms with Crippen molar-refractivity contribution in [1.82, 2.24) is 0 Å². The molecular formula is C8H14O2. The van der Waals surface area contributed by atoms with Crippen molar-refractivity contribution in [2.45, 2.75) is 25.4 Å². The van der Waals surface area contributed by atoms with E-state index in [0.717, 1.165) is 25.7 Å². The summed E-state index contributed by atoms with van der Waals surface area (Å²) in [5.74, 6) is 0.785. The summed E-state index contributed by atoms with van der Waals surface area (Å²) in [6.07, 6.45) is 4.14. The maximum Gasteiger partial charge on any atom is 0.0808 e. The van der Waals surface area contributed by atoms with Gasteiger partial charge >= 0.3 is 0 Å². The summed E-state index contributed by atoms with van der Waals surface area (Å²) in [5, 5.41) is 0. The van der Waals surface area contributed by atoms with Crippen molar-refractivity contribution in [2.24, 2.45) is 5.92 Å². The summed E-state index contributed by atoms with van der Waals surface area (Å²) >= 11 is 0. The van der Waals surface area contributed by atoms with Gasteiger partial charge in [0.15, 0.2) is 0 Å². The molecule has 2 aliphatic heterocycles. The monoisotopic (exact) mass is 142 g/mol. The zero-order valence-electron chi connectivity index (χ0n) is 6.21. The minimum absolute atomic E-state index is 0.410. The summed E-state index contributed by atoms with van der Waals surface area (Å²) in [6, 6.07) is 0. The zero-order chi connectivity index (χ0) is 6.81. The maximum atomic E-state index is 5.55. The Bertz CT molecular complexity index is 91.8. The molecule has 0 amide bonds. The van der Waals surface area contributed by atoms with Crippen LogP contribution in [0.2, 0.25) is 0 Å². The van der Waals surface area contributed by atoms with E-state index in [0.29, 0.717) is 6.10 Å². The minimum Gasteiger partial charge on any atom is -0.378 e. The van der Waals surface area contributed by atoms with E-state index in [1.807, 2.05) is 0 Å². The third kappa shape index (κ3) is 1.32. The van der Waals surface area contributed by atoms with Crippen molar-refractivity contribution in [2.75, 3.05) is 19.8 Å². The third-order valence-corrected chi connectivity index (χ3v) is 2.43. The Morgan fingerprint density at radius 2 is 2.00 bits per heavy atom. The van der Waals surface area contributed by atoms with E-state index < -0.39 is 0 Å². The smallest absolute Gasteiger partial charge is 0.0808 e. The summed E-state index contributed by atoms with van der Waals surface area (Å²) in [5.41, 5.74) is 0. The molecule has 2 fully saturated rings. The summed E-state index contributed by atoms with van der Waals surface area (Å²) < 4.78 is 11.0. The highest BCUT2D eigenvalue weighted by Gasteiger charge is 2.23. The van der Waals surface area contributed by atoms with Crippen molar-refractivity contribution >= 4 is 0 Å². The van der Waals surface area contributed by atoms with Gasteiger partial charge in [-0.2, -0.15) is 0 Å². The van der Waals surface area contributed by atoms with Gasteiger partial charge < -0.3 is 9.47 Å². The van der Waals surface area contributed by atoms with Gasteiger partial charge in [-0.25, -0.2) is 0 Å². The first-order chi connectivity index (χ1) is 4.95. The highest BCUT2D eigenvalue weighted by Crippen LogP contribution is 2.23. The Morgan fingerprint density at radius 1 is 1.00 bits per heavy atom. The fraction of sp³-hybridized carbons (Fsp3) is 1.00. The number of hydrogen-bond donors (Lipinski definition) is 0. The Labute approximate surface area is 61.5 Å². The average molecular weight is 142 g/mol. The fourth-order valence-electron chi connectivity index (χ4n) is 1.71. The molecule has 10 heavy (non-hydrogen) atoms. The first-order valence-corrected chi connectivity index (χ1v) is 4.14. The van der Waals surface area contributed by atoms with Crippen LogP contribution in [-0.4, -0.2) is 25.9 Å². The van der Waals surface area contributed by atoms with Gasteiger partial charge in [0.1, 0.15) is 0 Å². The number of rotatable bonds is 0. The third-order valence-electron chi connectivity index (χ3n) is 2.43. The van der Waals surface area contributed by atoms with Gasteiger partial charge in [-0.1, -0.05) is 0 Å². The van der Waals surface area contributed by atoms with Gasteiger partial charge in [0.2, 0.25) is 0 Å². The van der Waals surface area contributed by atoms with Crippen LogP contribution >= 0.6 is 0 Å². The summed E-state index contributed by atoms with van der Waals surface area (Å²) in [6.45, 7) is 2.76. The molecule has 0 aliphatic carbocycles. The molecule has 2 aliphatic rings. The molecule has 0 aromatic rings. The minimum atomic E-state index is 0.410. The molecule has 2 unspecified atom stereocenters. The topological polar surface area (TPSA) is 18.5 Å². The van der Waals surface area contributed by atoms with Crippen LogP contribution in [0.5, 0.6) is 0 Å². The standard InChI is InChI=1S/C8H14O2/c1-2-8-6-9-5-7(1)3-4-10-8/h7-8H,1-6H2. The van der Waals surface area contributed by atoms with E-state index in [4.69, 9.17) is 9.47 Å². The largest absolute Gasteiger partial charge is 0.378 e. The first kappa shape index (κ1) is 6.62. The van der Waals surface area contributed by atoms with Crippen LogP contribution < -0.4 is 0 Å². The molecule has 2 nitrogen and oxygen atoms in total. The van der Waals surface area contributed by atoms with Crippen molar-refractivity contribution in [3.05, 3.63) is 0 Å². The lowest BCUT2D eigenvalue weighted by atomic mass is 10.0. The van der Waals surface area contributed by atoms with E-state index >= 15 is 0 Å². The second-order valence-electron chi connectivity index (χ2n) is 3.26. The predicted octanol–water partition coefficient (Wildman–Crippen LogP) is 1.20. The average Bonchev–Trinajstić information content (AvgIpc) is 2.17. The van der Waals surface area contributed by atoms with Crippen LogP contribution in [0.4, 0.5) is 0 Å². The summed E-state index contributed by atoms with van der Waals surface area (Å²) in [7, 11) is 0. The van der Waals surface area contributed by atoms with E-state index in [-0.39, 0.29) is 0 Å². The quantitative estimate of drug-likeness (QED) is 0.506. The van der Waals surface area contributed by atoms with Gasteiger partial charge in [0, 0.05) is 13.2 Å². The van der Waals surface area contributed by atoms with Crippen LogP contribution in [0, 0.1) is 5.92 Å². The predicted molar refractivity (Wildman–Crippen MR) is 37.9 cm³/mol. The van der Waals surface area contributed by atoms with Gasteiger partial charge in [-0.3, -0.25) is 0 Å². The second-order valence-corrected chi connectivity index (χ2v) is 3.26. The van der Waals surface area contributed by atoms with E-state index in [1.54, 1.807) is 0 Å². The normalized spacial score (nSPS) is 40.8. The number of ether oxygens (including phenoxy) is 2.